The van der Waals surface area contributed by atoms with Gasteiger partial charge in [-0.25, -0.2) is 9.59 Å². The molecule has 3 fully saturated rings. The molecule has 0 aromatic rings. The van der Waals surface area contributed by atoms with Crippen molar-refractivity contribution in [3.05, 3.63) is 0 Å². The lowest BCUT2D eigenvalue weighted by molar-refractivity contribution is -0.151. The van der Waals surface area contributed by atoms with Crippen LogP contribution >= 0.6 is 31.9 Å². The molecule has 9 heteroatoms. The number of alkyl carbamates (subject to hydrolysis) is 1. The van der Waals surface area contributed by atoms with Gasteiger partial charge in [-0.1, -0.05) is 38.8 Å². The van der Waals surface area contributed by atoms with Crippen molar-refractivity contribution in [2.75, 3.05) is 0 Å². The Morgan fingerprint density at radius 2 is 1.89 bits per heavy atom. The maximum Gasteiger partial charge on any atom is 0.408 e. The van der Waals surface area contributed by atoms with E-state index in [0.29, 0.717) is 19.3 Å². The van der Waals surface area contributed by atoms with Gasteiger partial charge in [-0.3, -0.25) is 4.79 Å². The molecule has 152 valence electrons. The third kappa shape index (κ3) is 3.86. The summed E-state index contributed by atoms with van der Waals surface area (Å²) in [6.45, 7) is 7.33. The van der Waals surface area contributed by atoms with Gasteiger partial charge in [0, 0.05) is 12.0 Å². The molecule has 3 rings (SSSR count). The third-order valence-electron chi connectivity index (χ3n) is 5.76. The topological polar surface area (TPSA) is 95.9 Å². The molecule has 0 radical (unpaired) electrons. The SMILES string of the molecule is CC1C[C@H](NC(=O)OC(C)(C)C)C(=O)N2[C@H](CC[C@H]2C(=O)O)[C@@H]2C1C2(Br)Br. The maximum absolute atomic E-state index is 13.3. The van der Waals surface area contributed by atoms with Crippen molar-refractivity contribution in [1.29, 1.82) is 0 Å². The number of carbonyl (C=O) groups excluding carboxylic acids is 2. The Morgan fingerprint density at radius 3 is 2.44 bits per heavy atom. The molecule has 0 aromatic heterocycles. The standard InChI is InChI=1S/C18H26Br2N2O5/c1-8-7-9(21-16(26)27-17(2,3)4)14(23)22-10(5-6-11(22)15(24)25)13-12(8)18(13,19)20/h8-13H,5-7H2,1-4H3,(H,21,26)(H,24,25)/t8?,9-,10+,11-,12?,13+/m0/s1. The molecule has 2 amide bonds. The number of fused-ring (bicyclic) bond motifs is 3. The Morgan fingerprint density at radius 1 is 1.26 bits per heavy atom. The summed E-state index contributed by atoms with van der Waals surface area (Å²) in [7, 11) is 0. The van der Waals surface area contributed by atoms with Gasteiger partial charge in [0.1, 0.15) is 17.7 Å². The maximum atomic E-state index is 13.3. The molecule has 2 N–H and O–H groups in total. The van der Waals surface area contributed by atoms with Crippen LogP contribution in [0.25, 0.3) is 0 Å². The number of alkyl halides is 2. The molecule has 1 saturated carbocycles. The molecule has 3 aliphatic rings. The van der Waals surface area contributed by atoms with E-state index < -0.39 is 29.7 Å². The third-order valence-corrected chi connectivity index (χ3v) is 7.87. The van der Waals surface area contributed by atoms with Crippen molar-refractivity contribution in [2.45, 2.75) is 73.9 Å². The Balaban J connectivity index is 1.88. The summed E-state index contributed by atoms with van der Waals surface area (Å²) in [5, 5.41) is 12.3. The second kappa shape index (κ2) is 6.90. The zero-order valence-electron chi connectivity index (χ0n) is 15.9. The molecule has 2 saturated heterocycles. The van der Waals surface area contributed by atoms with E-state index in [-0.39, 0.29) is 32.9 Å². The summed E-state index contributed by atoms with van der Waals surface area (Å²) < 4.78 is 5.01. The number of carbonyl (C=O) groups is 3. The number of carboxylic acid groups (broad SMARTS) is 1. The first-order valence-electron chi connectivity index (χ1n) is 9.27. The minimum atomic E-state index is -0.998. The van der Waals surface area contributed by atoms with Crippen LogP contribution in [0.4, 0.5) is 4.79 Å². The van der Waals surface area contributed by atoms with Crippen LogP contribution in [0.2, 0.25) is 0 Å². The van der Waals surface area contributed by atoms with Crippen LogP contribution in [0.1, 0.15) is 47.0 Å². The Bertz CT molecular complexity index is 663. The Hall–Kier alpha value is -0.830. The minimum absolute atomic E-state index is 0.156. The number of nitrogens with one attached hydrogen (secondary N) is 1. The number of nitrogens with zero attached hydrogens (tertiary/aromatic N) is 1. The van der Waals surface area contributed by atoms with Gasteiger partial charge in [0.05, 0.1) is 3.23 Å². The van der Waals surface area contributed by atoms with E-state index in [2.05, 4.69) is 44.1 Å². The second-order valence-corrected chi connectivity index (χ2v) is 12.6. The monoisotopic (exact) mass is 508 g/mol. The number of ether oxygens (including phenoxy) is 1. The van der Waals surface area contributed by atoms with Gasteiger partial charge < -0.3 is 20.1 Å². The molecule has 1 aliphatic carbocycles. The van der Waals surface area contributed by atoms with E-state index in [1.807, 2.05) is 0 Å². The van der Waals surface area contributed by atoms with Crippen LogP contribution in [0.5, 0.6) is 0 Å². The van der Waals surface area contributed by atoms with Crippen LogP contribution in [0.15, 0.2) is 0 Å². The highest BCUT2D eigenvalue weighted by molar-refractivity contribution is 9.25. The molecule has 27 heavy (non-hydrogen) atoms. The van der Waals surface area contributed by atoms with Gasteiger partial charge >= 0.3 is 12.1 Å². The molecule has 7 nitrogen and oxygen atoms in total. The van der Waals surface area contributed by atoms with Gasteiger partial charge in [-0.2, -0.15) is 0 Å². The van der Waals surface area contributed by atoms with Gasteiger partial charge in [0.2, 0.25) is 5.91 Å². The fourth-order valence-corrected chi connectivity index (χ4v) is 7.11. The molecule has 2 aliphatic heterocycles. The fourth-order valence-electron chi connectivity index (χ4n) is 4.72. The first-order chi connectivity index (χ1) is 12.3. The predicted octanol–water partition coefficient (Wildman–Crippen LogP) is 3.10. The number of halogens is 2. The van der Waals surface area contributed by atoms with Crippen LogP contribution in [0.3, 0.4) is 0 Å². The lowest BCUT2D eigenvalue weighted by Crippen LogP contribution is -2.56. The Labute approximate surface area is 175 Å². The van der Waals surface area contributed by atoms with Crippen LogP contribution in [-0.4, -0.2) is 54.9 Å². The van der Waals surface area contributed by atoms with E-state index in [0.717, 1.165) is 0 Å². The van der Waals surface area contributed by atoms with Gasteiger partial charge in [0.25, 0.3) is 0 Å². The first-order valence-corrected chi connectivity index (χ1v) is 10.9. The molecule has 0 aromatic carbocycles. The fraction of sp³-hybridized carbons (Fsp3) is 0.833. The summed E-state index contributed by atoms with van der Waals surface area (Å²) >= 11 is 7.46. The normalized spacial score (nSPS) is 37.6. The summed E-state index contributed by atoms with van der Waals surface area (Å²) in [5.41, 5.74) is -0.678. The average molecular weight is 510 g/mol. The van der Waals surface area contributed by atoms with Crippen LogP contribution < -0.4 is 5.32 Å². The largest absolute Gasteiger partial charge is 0.480 e. The molecule has 6 atom stereocenters. The number of rotatable bonds is 2. The predicted molar refractivity (Wildman–Crippen MR) is 106 cm³/mol. The van der Waals surface area contributed by atoms with Crippen molar-refractivity contribution in [3.8, 4) is 0 Å². The highest BCUT2D eigenvalue weighted by Gasteiger charge is 2.70. The first kappa shape index (κ1) is 20.9. The van der Waals surface area contributed by atoms with Crippen molar-refractivity contribution in [3.63, 3.8) is 0 Å². The highest BCUT2D eigenvalue weighted by atomic mass is 79.9. The van der Waals surface area contributed by atoms with E-state index >= 15 is 0 Å². The summed E-state index contributed by atoms with van der Waals surface area (Å²) in [5.74, 6) is -0.744. The molecular weight excluding hydrogens is 484 g/mol. The number of carboxylic acids is 1. The van der Waals surface area contributed by atoms with E-state index in [9.17, 15) is 19.5 Å². The van der Waals surface area contributed by atoms with Gasteiger partial charge in [-0.05, 0) is 51.9 Å². The minimum Gasteiger partial charge on any atom is -0.480 e. The van der Waals surface area contributed by atoms with Crippen LogP contribution in [-0.2, 0) is 14.3 Å². The lowest BCUT2D eigenvalue weighted by atomic mass is 9.90. The van der Waals surface area contributed by atoms with Crippen LogP contribution in [0, 0.1) is 17.8 Å². The van der Waals surface area contributed by atoms with Crippen molar-refractivity contribution >= 4 is 49.8 Å². The molecular formula is C18H26Br2N2O5. The van der Waals surface area contributed by atoms with Gasteiger partial charge in [-0.15, -0.1) is 0 Å². The number of hydrogen-bond acceptors (Lipinski definition) is 4. The summed E-state index contributed by atoms with van der Waals surface area (Å²) in [6.07, 6.45) is 0.855. The number of aliphatic carboxylic acids is 1. The zero-order valence-corrected chi connectivity index (χ0v) is 19.0. The van der Waals surface area contributed by atoms with Gasteiger partial charge in [0.15, 0.2) is 0 Å². The smallest absolute Gasteiger partial charge is 0.408 e. The molecule has 2 unspecified atom stereocenters. The summed E-state index contributed by atoms with van der Waals surface area (Å²) in [6, 6.07) is -1.81. The van der Waals surface area contributed by atoms with Crippen molar-refractivity contribution in [2.24, 2.45) is 17.8 Å². The quantitative estimate of drug-likeness (QED) is 0.557. The highest BCUT2D eigenvalue weighted by Crippen LogP contribution is 2.69. The lowest BCUT2D eigenvalue weighted by Gasteiger charge is -2.35. The zero-order chi connectivity index (χ0) is 20.3. The number of amides is 2. The van der Waals surface area contributed by atoms with E-state index in [1.165, 1.54) is 4.90 Å². The number of hydrogen-bond donors (Lipinski definition) is 2. The second-order valence-electron chi connectivity index (χ2n) is 8.88. The molecule has 0 spiro atoms. The Kier molecular flexibility index (Phi) is 5.34. The molecule has 2 heterocycles. The average Bonchev–Trinajstić information content (AvgIpc) is 2.87. The van der Waals surface area contributed by atoms with E-state index in [1.54, 1.807) is 20.8 Å². The summed E-state index contributed by atoms with van der Waals surface area (Å²) in [4.78, 5) is 38.8. The van der Waals surface area contributed by atoms with Crippen molar-refractivity contribution in [1.82, 2.24) is 10.2 Å². The molecule has 0 bridgehead atoms. The van der Waals surface area contributed by atoms with E-state index in [4.69, 9.17) is 4.74 Å². The van der Waals surface area contributed by atoms with Crippen molar-refractivity contribution < 1.29 is 24.2 Å².